The maximum atomic E-state index is 3.69. The van der Waals surface area contributed by atoms with E-state index in [0.29, 0.717) is 6.04 Å². The Balaban J connectivity index is 1.48. The minimum atomic E-state index is 0.680. The topological polar surface area (TPSA) is 12.0 Å². The molecule has 0 spiro atoms. The Kier molecular flexibility index (Phi) is 4.59. The smallest absolute Gasteiger partial charge is 0.0302 e. The third-order valence-electron chi connectivity index (χ3n) is 4.11. The fourth-order valence-corrected chi connectivity index (χ4v) is 4.31. The van der Waals surface area contributed by atoms with Gasteiger partial charge in [0, 0.05) is 26.8 Å². The minimum absolute atomic E-state index is 0.680. The number of hydrogen-bond donors (Lipinski definition) is 1. The number of aryl methyl sites for hydroxylation is 1. The van der Waals surface area contributed by atoms with Gasteiger partial charge in [0.2, 0.25) is 0 Å². The summed E-state index contributed by atoms with van der Waals surface area (Å²) in [5.74, 6) is 0.720. The van der Waals surface area contributed by atoms with Crippen molar-refractivity contribution in [2.24, 2.45) is 0 Å². The summed E-state index contributed by atoms with van der Waals surface area (Å²) in [5.41, 5.74) is 1.47. The van der Waals surface area contributed by atoms with Gasteiger partial charge in [0.1, 0.15) is 0 Å². The molecule has 2 aromatic rings. The van der Waals surface area contributed by atoms with Crippen LogP contribution in [0.3, 0.4) is 0 Å². The van der Waals surface area contributed by atoms with Crippen LogP contribution in [0.1, 0.15) is 41.0 Å². The van der Waals surface area contributed by atoms with Crippen LogP contribution in [0.5, 0.6) is 0 Å². The summed E-state index contributed by atoms with van der Waals surface area (Å²) in [5, 5.41) is 3.69. The molecule has 0 aliphatic heterocycles. The summed E-state index contributed by atoms with van der Waals surface area (Å²) in [4.78, 5) is 2.95. The maximum Gasteiger partial charge on any atom is 0.0302 e. The van der Waals surface area contributed by atoms with Crippen LogP contribution in [-0.2, 0) is 13.0 Å². The highest BCUT2D eigenvalue weighted by Crippen LogP contribution is 2.40. The van der Waals surface area contributed by atoms with Crippen LogP contribution in [-0.4, -0.2) is 6.04 Å². The largest absolute Gasteiger partial charge is 0.309 e. The van der Waals surface area contributed by atoms with Crippen LogP contribution in [0.4, 0.5) is 0 Å². The molecule has 1 aromatic carbocycles. The van der Waals surface area contributed by atoms with E-state index < -0.39 is 0 Å². The maximum absolute atomic E-state index is 3.69. The van der Waals surface area contributed by atoms with Gasteiger partial charge < -0.3 is 5.32 Å². The Morgan fingerprint density at radius 2 is 1.90 bits per heavy atom. The zero-order chi connectivity index (χ0) is 13.9. The number of halogens is 1. The zero-order valence-electron chi connectivity index (χ0n) is 11.7. The predicted octanol–water partition coefficient (Wildman–Crippen LogP) is 5.11. The van der Waals surface area contributed by atoms with Crippen molar-refractivity contribution >= 4 is 27.3 Å². The molecular weight excluding hydrogens is 330 g/mol. The lowest BCUT2D eigenvalue weighted by Gasteiger charge is -2.36. The van der Waals surface area contributed by atoms with Crippen LogP contribution in [0.15, 0.2) is 40.9 Å². The Morgan fingerprint density at radius 1 is 1.15 bits per heavy atom. The van der Waals surface area contributed by atoms with Crippen molar-refractivity contribution < 1.29 is 0 Å². The second-order valence-electron chi connectivity index (χ2n) is 5.49. The van der Waals surface area contributed by atoms with E-state index in [1.807, 2.05) is 11.3 Å². The summed E-state index contributed by atoms with van der Waals surface area (Å²) in [6.07, 6.45) is 3.67. The molecule has 1 nitrogen and oxygen atoms in total. The summed E-state index contributed by atoms with van der Waals surface area (Å²) in [6.45, 7) is 3.25. The fraction of sp³-hybridized carbons (Fsp3) is 0.412. The van der Waals surface area contributed by atoms with Gasteiger partial charge in [-0.2, -0.15) is 0 Å². The molecular formula is C17H20BrNS. The quantitative estimate of drug-likeness (QED) is 0.790. The van der Waals surface area contributed by atoms with E-state index in [4.69, 9.17) is 0 Å². The number of benzene rings is 1. The van der Waals surface area contributed by atoms with Crippen molar-refractivity contribution in [3.63, 3.8) is 0 Å². The number of hydrogen-bond acceptors (Lipinski definition) is 2. The number of rotatable bonds is 5. The SMILES string of the molecule is CCc1ccc(CNC2CC(c3ccccc3Br)C2)s1. The number of nitrogens with one attached hydrogen (secondary N) is 1. The first-order chi connectivity index (χ1) is 9.76. The molecule has 0 bridgehead atoms. The van der Waals surface area contributed by atoms with Gasteiger partial charge in [0.25, 0.3) is 0 Å². The molecule has 0 unspecified atom stereocenters. The molecule has 1 aromatic heterocycles. The highest BCUT2D eigenvalue weighted by molar-refractivity contribution is 9.10. The van der Waals surface area contributed by atoms with E-state index in [0.717, 1.165) is 18.9 Å². The average molecular weight is 350 g/mol. The van der Waals surface area contributed by atoms with Gasteiger partial charge in [-0.1, -0.05) is 41.1 Å². The first kappa shape index (κ1) is 14.3. The standard InChI is InChI=1S/C17H20BrNS/c1-2-14-7-8-15(20-14)11-19-13-9-12(10-13)16-5-3-4-6-17(16)18/h3-8,12-13,19H,2,9-11H2,1H3. The summed E-state index contributed by atoms with van der Waals surface area (Å²) < 4.78 is 1.26. The van der Waals surface area contributed by atoms with Crippen LogP contribution in [0.25, 0.3) is 0 Å². The predicted molar refractivity (Wildman–Crippen MR) is 90.4 cm³/mol. The molecule has 1 heterocycles. The van der Waals surface area contributed by atoms with E-state index in [1.54, 1.807) is 0 Å². The van der Waals surface area contributed by atoms with Crippen LogP contribution in [0, 0.1) is 0 Å². The molecule has 1 N–H and O–H groups in total. The van der Waals surface area contributed by atoms with Crippen molar-refractivity contribution in [3.05, 3.63) is 56.2 Å². The Hall–Kier alpha value is -0.640. The molecule has 3 rings (SSSR count). The molecule has 1 saturated carbocycles. The van der Waals surface area contributed by atoms with Crippen molar-refractivity contribution in [2.45, 2.75) is 44.7 Å². The molecule has 1 fully saturated rings. The van der Waals surface area contributed by atoms with Crippen LogP contribution in [0.2, 0.25) is 0 Å². The third-order valence-corrected chi connectivity index (χ3v) is 6.07. The molecule has 0 radical (unpaired) electrons. The van der Waals surface area contributed by atoms with Crippen molar-refractivity contribution in [2.75, 3.05) is 0 Å². The highest BCUT2D eigenvalue weighted by Gasteiger charge is 2.30. The van der Waals surface area contributed by atoms with Gasteiger partial charge in [-0.15, -0.1) is 11.3 Å². The van der Waals surface area contributed by atoms with Crippen LogP contribution < -0.4 is 5.32 Å². The van der Waals surface area contributed by atoms with E-state index in [-0.39, 0.29) is 0 Å². The molecule has 0 atom stereocenters. The van der Waals surface area contributed by atoms with E-state index >= 15 is 0 Å². The van der Waals surface area contributed by atoms with Gasteiger partial charge in [-0.05, 0) is 48.9 Å². The second kappa shape index (κ2) is 6.42. The summed E-state index contributed by atoms with van der Waals surface area (Å²) in [6, 6.07) is 13.8. The molecule has 1 aliphatic carbocycles. The zero-order valence-corrected chi connectivity index (χ0v) is 14.1. The van der Waals surface area contributed by atoms with E-state index in [1.165, 1.54) is 32.6 Å². The average Bonchev–Trinajstić information content (AvgIpc) is 2.87. The molecule has 3 heteroatoms. The monoisotopic (exact) mass is 349 g/mol. The molecule has 20 heavy (non-hydrogen) atoms. The lowest BCUT2D eigenvalue weighted by atomic mass is 9.76. The van der Waals surface area contributed by atoms with E-state index in [9.17, 15) is 0 Å². The van der Waals surface area contributed by atoms with Crippen LogP contribution >= 0.6 is 27.3 Å². The Bertz CT molecular complexity index is 572. The molecule has 106 valence electrons. The van der Waals surface area contributed by atoms with Crippen molar-refractivity contribution in [1.29, 1.82) is 0 Å². The number of thiophene rings is 1. The van der Waals surface area contributed by atoms with Crippen molar-refractivity contribution in [1.82, 2.24) is 5.32 Å². The highest BCUT2D eigenvalue weighted by atomic mass is 79.9. The fourth-order valence-electron chi connectivity index (χ4n) is 2.80. The van der Waals surface area contributed by atoms with Crippen molar-refractivity contribution in [3.8, 4) is 0 Å². The molecule has 0 amide bonds. The lowest BCUT2D eigenvalue weighted by Crippen LogP contribution is -2.39. The summed E-state index contributed by atoms with van der Waals surface area (Å²) in [7, 11) is 0. The first-order valence-corrected chi connectivity index (χ1v) is 8.92. The second-order valence-corrected chi connectivity index (χ2v) is 7.60. The van der Waals surface area contributed by atoms with Gasteiger partial charge >= 0.3 is 0 Å². The molecule has 1 aliphatic rings. The van der Waals surface area contributed by atoms with E-state index in [2.05, 4.69) is 64.6 Å². The van der Waals surface area contributed by atoms with Gasteiger partial charge in [0.05, 0.1) is 0 Å². The minimum Gasteiger partial charge on any atom is -0.309 e. The first-order valence-electron chi connectivity index (χ1n) is 7.31. The Morgan fingerprint density at radius 3 is 2.60 bits per heavy atom. The third kappa shape index (κ3) is 3.16. The molecule has 0 saturated heterocycles. The normalized spacial score (nSPS) is 21.7. The van der Waals surface area contributed by atoms with Gasteiger partial charge in [0.15, 0.2) is 0 Å². The lowest BCUT2D eigenvalue weighted by molar-refractivity contribution is 0.289. The van der Waals surface area contributed by atoms with Gasteiger partial charge in [-0.3, -0.25) is 0 Å². The summed E-state index contributed by atoms with van der Waals surface area (Å²) >= 11 is 5.60. The Labute approximate surface area is 133 Å². The van der Waals surface area contributed by atoms with Gasteiger partial charge in [-0.25, -0.2) is 0 Å².